The number of anilines is 1. The van der Waals surface area contributed by atoms with E-state index in [4.69, 9.17) is 0 Å². The van der Waals surface area contributed by atoms with Gasteiger partial charge in [-0.3, -0.25) is 0 Å². The molecule has 1 aliphatic heterocycles. The molecule has 0 radical (unpaired) electrons. The van der Waals surface area contributed by atoms with Gasteiger partial charge in [0.25, 0.3) is 0 Å². The number of hydrogen-bond acceptors (Lipinski definition) is 2. The molecular formula is C13H21NO. The fourth-order valence-electron chi connectivity index (χ4n) is 1.43. The van der Waals surface area contributed by atoms with Crippen molar-refractivity contribution in [2.75, 3.05) is 11.9 Å². The van der Waals surface area contributed by atoms with Crippen molar-refractivity contribution >= 4 is 12.0 Å². The van der Waals surface area contributed by atoms with Gasteiger partial charge in [0.2, 0.25) is 0 Å². The van der Waals surface area contributed by atoms with Gasteiger partial charge in [0.15, 0.2) is 0 Å². The standard InChI is InChI=1S/C9H9NO.2C2H6/c11-6-7-5-10-9-4-2-1-3-8(7)9;2*1-2/h1-4,6-7,10H,5H2;2*1-2H3. The van der Waals surface area contributed by atoms with E-state index in [2.05, 4.69) is 5.32 Å². The molecule has 0 bridgehead atoms. The molecule has 0 saturated carbocycles. The van der Waals surface area contributed by atoms with Crippen molar-refractivity contribution in [3.05, 3.63) is 29.8 Å². The average molecular weight is 207 g/mol. The summed E-state index contributed by atoms with van der Waals surface area (Å²) in [5, 5.41) is 3.17. The number of hydrogen-bond donors (Lipinski definition) is 1. The monoisotopic (exact) mass is 207 g/mol. The van der Waals surface area contributed by atoms with Crippen molar-refractivity contribution in [1.82, 2.24) is 0 Å². The van der Waals surface area contributed by atoms with Gasteiger partial charge in [-0.1, -0.05) is 45.9 Å². The van der Waals surface area contributed by atoms with E-state index in [0.717, 1.165) is 24.1 Å². The van der Waals surface area contributed by atoms with Crippen molar-refractivity contribution < 1.29 is 4.79 Å². The van der Waals surface area contributed by atoms with Gasteiger partial charge in [0, 0.05) is 12.2 Å². The lowest BCUT2D eigenvalue weighted by atomic mass is 10.0. The Labute approximate surface area is 92.7 Å². The average Bonchev–Trinajstić information content (AvgIpc) is 2.77. The van der Waals surface area contributed by atoms with E-state index in [-0.39, 0.29) is 5.92 Å². The molecule has 2 heteroatoms. The smallest absolute Gasteiger partial charge is 0.129 e. The van der Waals surface area contributed by atoms with Gasteiger partial charge in [-0.05, 0) is 11.6 Å². The van der Waals surface area contributed by atoms with Crippen LogP contribution in [0.2, 0.25) is 0 Å². The third-order valence-electron chi connectivity index (χ3n) is 2.04. The quantitative estimate of drug-likeness (QED) is 0.715. The fourth-order valence-corrected chi connectivity index (χ4v) is 1.43. The summed E-state index contributed by atoms with van der Waals surface area (Å²) in [5.74, 6) is 0.0613. The second kappa shape index (κ2) is 8.04. The molecule has 1 atom stereocenters. The molecule has 0 saturated heterocycles. The first kappa shape index (κ1) is 13.7. The van der Waals surface area contributed by atoms with Crippen LogP contribution in [0.3, 0.4) is 0 Å². The summed E-state index contributed by atoms with van der Waals surface area (Å²) in [6.07, 6.45) is 0.999. The molecule has 1 aromatic carbocycles. The maximum absolute atomic E-state index is 10.5. The molecule has 1 N–H and O–H groups in total. The number of benzene rings is 1. The Hall–Kier alpha value is -1.31. The maximum atomic E-state index is 10.5. The highest BCUT2D eigenvalue weighted by Crippen LogP contribution is 2.28. The van der Waals surface area contributed by atoms with Crippen LogP contribution in [0.4, 0.5) is 5.69 Å². The summed E-state index contributed by atoms with van der Waals surface area (Å²) < 4.78 is 0. The number of fused-ring (bicyclic) bond motifs is 1. The normalized spacial score (nSPS) is 15.9. The number of rotatable bonds is 1. The minimum atomic E-state index is 0.0613. The van der Waals surface area contributed by atoms with Gasteiger partial charge >= 0.3 is 0 Å². The first-order valence-electron chi connectivity index (χ1n) is 5.70. The van der Waals surface area contributed by atoms with E-state index in [9.17, 15) is 4.79 Å². The second-order valence-corrected chi connectivity index (χ2v) is 2.71. The van der Waals surface area contributed by atoms with Crippen LogP contribution in [0.5, 0.6) is 0 Å². The molecule has 1 aromatic rings. The molecule has 1 heterocycles. The van der Waals surface area contributed by atoms with E-state index >= 15 is 0 Å². The summed E-state index contributed by atoms with van der Waals surface area (Å²) in [6.45, 7) is 8.75. The third kappa shape index (κ3) is 3.39. The zero-order valence-electron chi connectivity index (χ0n) is 10.1. The fraction of sp³-hybridized carbons (Fsp3) is 0.462. The van der Waals surface area contributed by atoms with E-state index in [1.165, 1.54) is 0 Å². The number of carbonyl (C=O) groups is 1. The second-order valence-electron chi connectivity index (χ2n) is 2.71. The van der Waals surface area contributed by atoms with E-state index in [0.29, 0.717) is 0 Å². The van der Waals surface area contributed by atoms with Gasteiger partial charge in [-0.15, -0.1) is 0 Å². The number of nitrogens with one attached hydrogen (secondary N) is 1. The predicted octanol–water partition coefficient (Wildman–Crippen LogP) is 3.45. The van der Waals surface area contributed by atoms with Crippen LogP contribution in [-0.4, -0.2) is 12.8 Å². The lowest BCUT2D eigenvalue weighted by Crippen LogP contribution is -2.01. The first-order valence-corrected chi connectivity index (χ1v) is 5.70. The molecule has 1 unspecified atom stereocenters. The molecule has 1 aliphatic rings. The van der Waals surface area contributed by atoms with Crippen LogP contribution in [0.15, 0.2) is 24.3 Å². The van der Waals surface area contributed by atoms with E-state index in [1.807, 2.05) is 52.0 Å². The highest BCUT2D eigenvalue weighted by atomic mass is 16.1. The molecule has 0 aromatic heterocycles. The number of carbonyl (C=O) groups excluding carboxylic acids is 1. The Morgan fingerprint density at radius 3 is 2.40 bits per heavy atom. The van der Waals surface area contributed by atoms with Crippen LogP contribution < -0.4 is 5.32 Å². The van der Waals surface area contributed by atoms with Crippen molar-refractivity contribution in [2.24, 2.45) is 0 Å². The Balaban J connectivity index is 0.000000442. The minimum absolute atomic E-state index is 0.0613. The molecule has 84 valence electrons. The van der Waals surface area contributed by atoms with E-state index in [1.54, 1.807) is 0 Å². The SMILES string of the molecule is CC.CC.O=CC1CNc2ccccc21. The van der Waals surface area contributed by atoms with Gasteiger partial charge in [-0.2, -0.15) is 0 Å². The van der Waals surface area contributed by atoms with Crippen LogP contribution in [0.1, 0.15) is 39.2 Å². The molecular weight excluding hydrogens is 186 g/mol. The minimum Gasteiger partial charge on any atom is -0.384 e. The summed E-state index contributed by atoms with van der Waals surface area (Å²) in [7, 11) is 0. The third-order valence-corrected chi connectivity index (χ3v) is 2.04. The van der Waals surface area contributed by atoms with Gasteiger partial charge in [0.1, 0.15) is 6.29 Å². The largest absolute Gasteiger partial charge is 0.384 e. The molecule has 2 rings (SSSR count). The molecule has 15 heavy (non-hydrogen) atoms. The summed E-state index contributed by atoms with van der Waals surface area (Å²) in [5.41, 5.74) is 2.23. The summed E-state index contributed by atoms with van der Waals surface area (Å²) in [4.78, 5) is 10.5. The predicted molar refractivity (Wildman–Crippen MR) is 66.4 cm³/mol. The maximum Gasteiger partial charge on any atom is 0.129 e. The van der Waals surface area contributed by atoms with Crippen LogP contribution in [0.25, 0.3) is 0 Å². The first-order chi connectivity index (χ1) is 7.42. The zero-order valence-corrected chi connectivity index (χ0v) is 10.1. The van der Waals surface area contributed by atoms with Crippen LogP contribution >= 0.6 is 0 Å². The Bertz CT molecular complexity index is 284. The van der Waals surface area contributed by atoms with Crippen LogP contribution in [-0.2, 0) is 4.79 Å². The molecule has 0 spiro atoms. The molecule has 2 nitrogen and oxygen atoms in total. The van der Waals surface area contributed by atoms with Crippen molar-refractivity contribution in [1.29, 1.82) is 0 Å². The Morgan fingerprint density at radius 1 is 1.20 bits per heavy atom. The Kier molecular flexibility index (Phi) is 7.33. The molecule has 0 aliphatic carbocycles. The Morgan fingerprint density at radius 2 is 1.80 bits per heavy atom. The molecule has 0 fully saturated rings. The highest BCUT2D eigenvalue weighted by molar-refractivity contribution is 5.73. The number of aldehydes is 1. The van der Waals surface area contributed by atoms with Gasteiger partial charge < -0.3 is 10.1 Å². The zero-order chi connectivity index (χ0) is 11.7. The summed E-state index contributed by atoms with van der Waals surface area (Å²) in [6, 6.07) is 7.93. The lowest BCUT2D eigenvalue weighted by Gasteiger charge is -1.98. The van der Waals surface area contributed by atoms with E-state index < -0.39 is 0 Å². The number of para-hydroxylation sites is 1. The van der Waals surface area contributed by atoms with Crippen molar-refractivity contribution in [2.45, 2.75) is 33.6 Å². The lowest BCUT2D eigenvalue weighted by molar-refractivity contribution is -0.108. The van der Waals surface area contributed by atoms with Crippen molar-refractivity contribution in [3.63, 3.8) is 0 Å². The van der Waals surface area contributed by atoms with Crippen molar-refractivity contribution in [3.8, 4) is 0 Å². The topological polar surface area (TPSA) is 29.1 Å². The highest BCUT2D eigenvalue weighted by Gasteiger charge is 2.19. The van der Waals surface area contributed by atoms with Gasteiger partial charge in [-0.25, -0.2) is 0 Å². The summed E-state index contributed by atoms with van der Waals surface area (Å²) >= 11 is 0. The van der Waals surface area contributed by atoms with Crippen LogP contribution in [0, 0.1) is 0 Å². The molecule has 0 amide bonds. The van der Waals surface area contributed by atoms with Gasteiger partial charge in [0.05, 0.1) is 5.92 Å².